The summed E-state index contributed by atoms with van der Waals surface area (Å²) in [5.41, 5.74) is 22.1. The van der Waals surface area contributed by atoms with Gasteiger partial charge in [-0.05, 0) is 135 Å². The van der Waals surface area contributed by atoms with E-state index in [0.29, 0.717) is 17.5 Å². The fourth-order valence-corrected chi connectivity index (χ4v) is 11.1. The highest BCUT2D eigenvalue weighted by Crippen LogP contribution is 2.56. The Labute approximate surface area is 430 Å². The molecule has 344 valence electrons. The molecule has 0 bridgehead atoms. The van der Waals surface area contributed by atoms with E-state index >= 15 is 0 Å². The van der Waals surface area contributed by atoms with Crippen LogP contribution in [0, 0.1) is 0 Å². The molecule has 74 heavy (non-hydrogen) atoms. The second-order valence-electron chi connectivity index (χ2n) is 19.1. The molecule has 0 amide bonds. The van der Waals surface area contributed by atoms with Crippen molar-refractivity contribution in [3.8, 4) is 123 Å². The molecule has 0 spiro atoms. The molecule has 0 fully saturated rings. The van der Waals surface area contributed by atoms with E-state index in [-0.39, 0.29) is 0 Å². The van der Waals surface area contributed by atoms with Crippen molar-refractivity contribution in [2.75, 3.05) is 0 Å². The van der Waals surface area contributed by atoms with E-state index < -0.39 is 0 Å². The summed E-state index contributed by atoms with van der Waals surface area (Å²) in [6.45, 7) is 0. The molecule has 0 saturated carbocycles. The molecule has 12 aromatic carbocycles. The molecule has 0 radical (unpaired) electrons. The van der Waals surface area contributed by atoms with Gasteiger partial charge in [-0.2, -0.15) is 0 Å². The second kappa shape index (κ2) is 18.1. The molecule has 1 aromatic heterocycles. The summed E-state index contributed by atoms with van der Waals surface area (Å²) in [5, 5.41) is 4.94. The zero-order chi connectivity index (χ0) is 49.0. The Balaban J connectivity index is 0.869. The van der Waals surface area contributed by atoms with Crippen molar-refractivity contribution in [1.82, 2.24) is 15.0 Å². The molecule has 1 aliphatic rings. The van der Waals surface area contributed by atoms with E-state index in [0.717, 1.165) is 44.5 Å². The maximum absolute atomic E-state index is 5.14. The molecule has 0 N–H and O–H groups in total. The lowest BCUT2D eigenvalue weighted by Crippen LogP contribution is -2.00. The van der Waals surface area contributed by atoms with Crippen LogP contribution in [0.15, 0.2) is 273 Å². The summed E-state index contributed by atoms with van der Waals surface area (Å²) in [5.74, 6) is 1.89. The largest absolute Gasteiger partial charge is 0.208 e. The highest BCUT2D eigenvalue weighted by Gasteiger charge is 2.29. The Morgan fingerprint density at radius 3 is 1.15 bits per heavy atom. The summed E-state index contributed by atoms with van der Waals surface area (Å²) >= 11 is 0. The van der Waals surface area contributed by atoms with E-state index in [2.05, 4.69) is 249 Å². The average Bonchev–Trinajstić information content (AvgIpc) is 3.83. The van der Waals surface area contributed by atoms with E-state index in [9.17, 15) is 0 Å². The van der Waals surface area contributed by atoms with E-state index in [1.807, 2.05) is 24.3 Å². The van der Waals surface area contributed by atoms with Gasteiger partial charge in [-0.25, -0.2) is 15.0 Å². The van der Waals surface area contributed by atoms with Crippen molar-refractivity contribution in [3.63, 3.8) is 0 Å². The molecule has 13 aromatic rings. The van der Waals surface area contributed by atoms with Gasteiger partial charge in [-0.15, -0.1) is 0 Å². The smallest absolute Gasteiger partial charge is 0.164 e. The number of nitrogens with zero attached hydrogens (tertiary/aromatic N) is 3. The first-order valence-electron chi connectivity index (χ1n) is 25.2. The Hall–Kier alpha value is -9.83. The molecule has 1 heterocycles. The first kappa shape index (κ1) is 43.0. The molecule has 0 unspecified atom stereocenters. The van der Waals surface area contributed by atoms with Gasteiger partial charge in [-0.3, -0.25) is 0 Å². The van der Waals surface area contributed by atoms with Gasteiger partial charge in [0.05, 0.1) is 0 Å². The van der Waals surface area contributed by atoms with Gasteiger partial charge in [0.1, 0.15) is 0 Å². The summed E-state index contributed by atoms with van der Waals surface area (Å²) in [7, 11) is 0. The second-order valence-corrected chi connectivity index (χ2v) is 19.1. The van der Waals surface area contributed by atoms with Crippen LogP contribution in [0.1, 0.15) is 0 Å². The number of aromatic nitrogens is 3. The average molecular weight is 940 g/mol. The minimum Gasteiger partial charge on any atom is -0.208 e. The quantitative estimate of drug-likeness (QED) is 0.145. The van der Waals surface area contributed by atoms with Crippen LogP contribution in [-0.2, 0) is 0 Å². The first-order chi connectivity index (χ1) is 36.7. The fourth-order valence-electron chi connectivity index (χ4n) is 11.1. The van der Waals surface area contributed by atoms with Gasteiger partial charge in [0.15, 0.2) is 17.5 Å². The third kappa shape index (κ3) is 7.58. The Morgan fingerprint density at radius 1 is 0.189 bits per heavy atom. The van der Waals surface area contributed by atoms with Crippen LogP contribution in [0.25, 0.3) is 145 Å². The van der Waals surface area contributed by atoms with Crippen molar-refractivity contribution in [1.29, 1.82) is 0 Å². The van der Waals surface area contributed by atoms with Gasteiger partial charge in [0.25, 0.3) is 0 Å². The predicted octanol–water partition coefficient (Wildman–Crippen LogP) is 18.8. The van der Waals surface area contributed by atoms with Crippen LogP contribution < -0.4 is 0 Å². The van der Waals surface area contributed by atoms with Crippen LogP contribution in [-0.4, -0.2) is 15.0 Å². The molecule has 1 aliphatic carbocycles. The topological polar surface area (TPSA) is 38.7 Å². The summed E-state index contributed by atoms with van der Waals surface area (Å²) in [4.78, 5) is 15.3. The highest BCUT2D eigenvalue weighted by atomic mass is 15.0. The van der Waals surface area contributed by atoms with Gasteiger partial charge in [0.2, 0.25) is 0 Å². The van der Waals surface area contributed by atoms with Crippen LogP contribution in [0.5, 0.6) is 0 Å². The molecule has 14 rings (SSSR count). The lowest BCUT2D eigenvalue weighted by molar-refractivity contribution is 1.07. The fraction of sp³-hybridized carbons (Fsp3) is 0. The summed E-state index contributed by atoms with van der Waals surface area (Å²) < 4.78 is 0. The molecule has 0 saturated heterocycles. The van der Waals surface area contributed by atoms with E-state index in [1.165, 1.54) is 82.7 Å². The maximum Gasteiger partial charge on any atom is 0.164 e. The van der Waals surface area contributed by atoms with Crippen molar-refractivity contribution in [2.45, 2.75) is 0 Å². The van der Waals surface area contributed by atoms with Crippen molar-refractivity contribution >= 4 is 21.5 Å². The minimum absolute atomic E-state index is 0.623. The van der Waals surface area contributed by atoms with Crippen LogP contribution in [0.4, 0.5) is 0 Å². The van der Waals surface area contributed by atoms with Crippen molar-refractivity contribution < 1.29 is 0 Å². The lowest BCUT2D eigenvalue weighted by atomic mass is 9.87. The third-order valence-electron chi connectivity index (χ3n) is 14.7. The van der Waals surface area contributed by atoms with Gasteiger partial charge < -0.3 is 0 Å². The zero-order valence-electron chi connectivity index (χ0n) is 40.3. The lowest BCUT2D eigenvalue weighted by Gasteiger charge is -2.16. The zero-order valence-corrected chi connectivity index (χ0v) is 40.3. The third-order valence-corrected chi connectivity index (χ3v) is 14.7. The number of benzene rings is 12. The monoisotopic (exact) mass is 939 g/mol. The van der Waals surface area contributed by atoms with Gasteiger partial charge in [-0.1, -0.05) is 249 Å². The normalized spacial score (nSPS) is 11.5. The minimum atomic E-state index is 0.623. The van der Waals surface area contributed by atoms with Crippen LogP contribution in [0.3, 0.4) is 0 Å². The van der Waals surface area contributed by atoms with Gasteiger partial charge >= 0.3 is 0 Å². The standard InChI is InChI=1S/C71H45N3/c1-5-18-46(19-6-1)52-28-15-31-57(42-52)71-73-69(50-24-11-4-12-25-50)72-70(74-71)51-36-34-49(35-37-51)64-44-53-26-13-14-27-54(53)45-65(64)56-30-16-29-55(43-56)58-38-41-63-66-61(58)32-17-33-62(66)67-59(47-20-7-2-8-21-47)39-40-60(68(63)67)48-22-9-3-10-23-48/h1-45H. The molecule has 3 nitrogen and oxygen atoms in total. The first-order valence-corrected chi connectivity index (χ1v) is 25.2. The van der Waals surface area contributed by atoms with Crippen LogP contribution in [0.2, 0.25) is 0 Å². The molecular formula is C71H45N3. The van der Waals surface area contributed by atoms with Crippen LogP contribution >= 0.6 is 0 Å². The predicted molar refractivity (Wildman–Crippen MR) is 308 cm³/mol. The van der Waals surface area contributed by atoms with Crippen molar-refractivity contribution in [2.24, 2.45) is 0 Å². The van der Waals surface area contributed by atoms with Crippen molar-refractivity contribution in [3.05, 3.63) is 273 Å². The Bertz CT molecular complexity index is 4190. The Kier molecular flexibility index (Phi) is 10.5. The van der Waals surface area contributed by atoms with E-state index in [1.54, 1.807) is 0 Å². The molecule has 0 atom stereocenters. The summed E-state index contributed by atoms with van der Waals surface area (Å²) in [6.07, 6.45) is 0. The number of fused-ring (bicyclic) bond motifs is 4. The summed E-state index contributed by atoms with van der Waals surface area (Å²) in [6, 6.07) is 98.1. The highest BCUT2D eigenvalue weighted by molar-refractivity contribution is 6.23. The molecular weight excluding hydrogens is 895 g/mol. The van der Waals surface area contributed by atoms with Gasteiger partial charge in [0, 0.05) is 16.7 Å². The number of hydrogen-bond acceptors (Lipinski definition) is 3. The number of hydrogen-bond donors (Lipinski definition) is 0. The number of rotatable bonds is 9. The molecule has 3 heteroatoms. The molecule has 0 aliphatic heterocycles. The van der Waals surface area contributed by atoms with E-state index in [4.69, 9.17) is 15.0 Å². The Morgan fingerprint density at radius 2 is 0.554 bits per heavy atom. The SMILES string of the molecule is c1ccc(-c2cccc(-c3nc(-c4ccccc4)nc(-c4ccc(-c5cc6ccccc6cc5-c5cccc(-c6ccc7c8c(cccc68)-c6c(-c8ccccc8)ccc(-c8ccccc8)c6-7)c5)cc4)n3)c2)cc1. The maximum atomic E-state index is 5.14.